The van der Waals surface area contributed by atoms with Gasteiger partial charge in [-0.15, -0.1) is 0 Å². The molecule has 7 heteroatoms. The van der Waals surface area contributed by atoms with Gasteiger partial charge in [-0.3, -0.25) is 0 Å². The van der Waals surface area contributed by atoms with Crippen LogP contribution in [0.4, 0.5) is 16.2 Å². The quantitative estimate of drug-likeness (QED) is 0.228. The highest BCUT2D eigenvalue weighted by Gasteiger charge is 2.27. The molecule has 2 aromatic carbocycles. The lowest BCUT2D eigenvalue weighted by molar-refractivity contribution is 0.199. The number of alkyl halides is 1. The lowest BCUT2D eigenvalue weighted by Gasteiger charge is -2.27. The first-order valence-electron chi connectivity index (χ1n) is 10.7. The summed E-state index contributed by atoms with van der Waals surface area (Å²) < 4.78 is 5.59. The largest absolute Gasteiger partial charge is 0.437 e. The summed E-state index contributed by atoms with van der Waals surface area (Å²) in [5.41, 5.74) is 2.63. The number of amides is 2. The summed E-state index contributed by atoms with van der Waals surface area (Å²) in [6, 6.07) is 18.3. The third kappa shape index (κ3) is 6.23. The second-order valence-electron chi connectivity index (χ2n) is 9.42. The lowest BCUT2D eigenvalue weighted by Crippen LogP contribution is -2.28. The highest BCUT2D eigenvalue weighted by Crippen LogP contribution is 2.35. The number of aromatic nitrogens is 1. The van der Waals surface area contributed by atoms with Gasteiger partial charge in [-0.1, -0.05) is 87.5 Å². The first kappa shape index (κ1) is 25.0. The van der Waals surface area contributed by atoms with Crippen molar-refractivity contribution in [1.82, 2.24) is 4.98 Å². The van der Waals surface area contributed by atoms with Gasteiger partial charge >= 0.3 is 6.03 Å². The van der Waals surface area contributed by atoms with E-state index in [1.54, 1.807) is 18.3 Å². The van der Waals surface area contributed by atoms with Gasteiger partial charge in [0.2, 0.25) is 5.88 Å². The number of rotatable bonds is 6. The average molecular weight is 559 g/mol. The minimum absolute atomic E-state index is 0.107. The molecule has 2 amide bonds. The van der Waals surface area contributed by atoms with Gasteiger partial charge in [0.15, 0.2) is 0 Å². The Morgan fingerprint density at radius 2 is 1.64 bits per heavy atom. The van der Waals surface area contributed by atoms with Crippen LogP contribution in [0.3, 0.4) is 0 Å². The number of para-hydroxylation sites is 1. The number of urea groups is 1. The van der Waals surface area contributed by atoms with Crippen LogP contribution in [0.25, 0.3) is 0 Å². The maximum atomic E-state index is 12.7. The van der Waals surface area contributed by atoms with Crippen molar-refractivity contribution in [3.8, 4) is 11.6 Å². The van der Waals surface area contributed by atoms with Gasteiger partial charge in [-0.05, 0) is 41.3 Å². The van der Waals surface area contributed by atoms with Crippen LogP contribution in [0.1, 0.15) is 45.7 Å². The molecule has 174 valence electrons. The summed E-state index contributed by atoms with van der Waals surface area (Å²) in [7, 11) is 0. The SMILES string of the molecule is CC(C)(C)c1ccccc1Oc1ncccc1NC(=O)Nc1ccc(C(C)(C)C(O)I)cc1. The third-order valence-electron chi connectivity index (χ3n) is 5.40. The van der Waals surface area contributed by atoms with E-state index in [0.29, 0.717) is 23.0 Å². The number of aliphatic hydroxyl groups is 1. The van der Waals surface area contributed by atoms with Crippen LogP contribution in [0, 0.1) is 0 Å². The molecular weight excluding hydrogens is 529 g/mol. The molecule has 0 bridgehead atoms. The number of halogens is 1. The first-order valence-corrected chi connectivity index (χ1v) is 12.0. The van der Waals surface area contributed by atoms with E-state index in [-0.39, 0.29) is 5.41 Å². The van der Waals surface area contributed by atoms with Crippen molar-refractivity contribution >= 4 is 40.0 Å². The first-order chi connectivity index (χ1) is 15.5. The smallest absolute Gasteiger partial charge is 0.323 e. The van der Waals surface area contributed by atoms with Gasteiger partial charge in [-0.25, -0.2) is 9.78 Å². The maximum absolute atomic E-state index is 12.7. The number of anilines is 2. The summed E-state index contributed by atoms with van der Waals surface area (Å²) in [5, 5.41) is 15.6. The molecule has 3 aromatic rings. The van der Waals surface area contributed by atoms with E-state index in [9.17, 15) is 9.90 Å². The molecule has 0 radical (unpaired) electrons. The minimum atomic E-state index is -0.523. The van der Waals surface area contributed by atoms with Crippen LogP contribution in [-0.2, 0) is 10.8 Å². The predicted molar refractivity (Wildman–Crippen MR) is 142 cm³/mol. The lowest BCUT2D eigenvalue weighted by atomic mass is 9.85. The molecule has 0 saturated heterocycles. The monoisotopic (exact) mass is 559 g/mol. The van der Waals surface area contributed by atoms with Crippen molar-refractivity contribution in [3.05, 3.63) is 78.0 Å². The number of carbonyl (C=O) groups is 1. The van der Waals surface area contributed by atoms with Crippen LogP contribution < -0.4 is 15.4 Å². The molecule has 0 fully saturated rings. The van der Waals surface area contributed by atoms with E-state index in [1.165, 1.54) is 0 Å². The molecule has 1 heterocycles. The fourth-order valence-electron chi connectivity index (χ4n) is 3.25. The molecule has 1 aromatic heterocycles. The van der Waals surface area contributed by atoms with Gasteiger partial charge in [-0.2, -0.15) is 0 Å². The molecule has 0 aliphatic heterocycles. The number of aliphatic hydroxyl groups excluding tert-OH is 1. The van der Waals surface area contributed by atoms with Crippen LogP contribution >= 0.6 is 22.6 Å². The van der Waals surface area contributed by atoms with E-state index in [2.05, 4.69) is 36.4 Å². The molecule has 1 unspecified atom stereocenters. The van der Waals surface area contributed by atoms with Gasteiger partial charge in [0.25, 0.3) is 0 Å². The molecule has 0 aliphatic carbocycles. The number of hydrogen-bond acceptors (Lipinski definition) is 4. The van der Waals surface area contributed by atoms with E-state index < -0.39 is 15.6 Å². The number of ether oxygens (including phenoxy) is 1. The maximum Gasteiger partial charge on any atom is 0.323 e. The molecule has 6 nitrogen and oxygen atoms in total. The van der Waals surface area contributed by atoms with Gasteiger partial charge in [0.05, 0.1) is 0 Å². The van der Waals surface area contributed by atoms with Crippen LogP contribution in [-0.4, -0.2) is 20.2 Å². The van der Waals surface area contributed by atoms with Crippen LogP contribution in [0.15, 0.2) is 66.9 Å². The zero-order valence-electron chi connectivity index (χ0n) is 19.5. The second kappa shape index (κ2) is 10.1. The zero-order chi connectivity index (χ0) is 24.2. The van der Waals surface area contributed by atoms with Crippen molar-refractivity contribution in [2.45, 2.75) is 49.6 Å². The summed E-state index contributed by atoms with van der Waals surface area (Å²) in [6.07, 6.45) is 1.63. The molecule has 0 aliphatic rings. The number of carbonyl (C=O) groups excluding carboxylic acids is 1. The van der Waals surface area contributed by atoms with Gasteiger partial charge in [0, 0.05) is 22.9 Å². The molecule has 1 atom stereocenters. The summed E-state index contributed by atoms with van der Waals surface area (Å²) >= 11 is 2.00. The molecule has 3 rings (SSSR count). The topological polar surface area (TPSA) is 83.5 Å². The van der Waals surface area contributed by atoms with Crippen molar-refractivity contribution in [3.63, 3.8) is 0 Å². The Hall–Kier alpha value is -2.65. The number of hydrogen-bond donors (Lipinski definition) is 3. The van der Waals surface area contributed by atoms with E-state index in [0.717, 1.165) is 11.1 Å². The van der Waals surface area contributed by atoms with Gasteiger partial charge < -0.3 is 20.5 Å². The van der Waals surface area contributed by atoms with E-state index in [4.69, 9.17) is 4.74 Å². The Morgan fingerprint density at radius 1 is 0.970 bits per heavy atom. The van der Waals surface area contributed by atoms with Crippen molar-refractivity contribution in [1.29, 1.82) is 0 Å². The van der Waals surface area contributed by atoms with Crippen LogP contribution in [0.5, 0.6) is 11.6 Å². The van der Waals surface area contributed by atoms with Crippen molar-refractivity contribution < 1.29 is 14.6 Å². The fourth-order valence-corrected chi connectivity index (χ4v) is 3.61. The summed E-state index contributed by atoms with van der Waals surface area (Å²) in [6.45, 7) is 10.3. The van der Waals surface area contributed by atoms with Crippen LogP contribution in [0.2, 0.25) is 0 Å². The Labute approximate surface area is 208 Å². The number of benzene rings is 2. The standard InChI is InChI=1S/C26H30IN3O3/c1-25(2,3)19-9-6-7-11-21(19)33-22-20(10-8-16-28-22)30-24(32)29-18-14-12-17(13-15-18)26(4,5)23(27)31/h6-16,23,31H,1-5H3,(H2,29,30,32). The normalized spacial score (nSPS) is 12.7. The molecule has 33 heavy (non-hydrogen) atoms. The second-order valence-corrected chi connectivity index (χ2v) is 10.6. The molecular formula is C26H30IN3O3. The predicted octanol–water partition coefficient (Wildman–Crippen LogP) is 6.85. The van der Waals surface area contributed by atoms with Gasteiger partial charge in [0.1, 0.15) is 15.5 Å². The zero-order valence-corrected chi connectivity index (χ0v) is 21.7. The number of pyridine rings is 1. The Bertz CT molecular complexity index is 1110. The highest BCUT2D eigenvalue weighted by molar-refractivity contribution is 14.1. The highest BCUT2D eigenvalue weighted by atomic mass is 127. The minimum Gasteiger partial charge on any atom is -0.437 e. The Kier molecular flexibility index (Phi) is 7.64. The Balaban J connectivity index is 1.74. The van der Waals surface area contributed by atoms with E-state index in [1.807, 2.05) is 85.0 Å². The average Bonchev–Trinajstić information content (AvgIpc) is 2.75. The van der Waals surface area contributed by atoms with Crippen molar-refractivity contribution in [2.24, 2.45) is 0 Å². The number of nitrogens with zero attached hydrogens (tertiary/aromatic N) is 1. The van der Waals surface area contributed by atoms with Crippen molar-refractivity contribution in [2.75, 3.05) is 10.6 Å². The third-order valence-corrected chi connectivity index (χ3v) is 6.96. The molecule has 0 spiro atoms. The summed E-state index contributed by atoms with van der Waals surface area (Å²) in [4.78, 5) is 17.0. The molecule has 0 saturated carbocycles. The number of nitrogens with one attached hydrogen (secondary N) is 2. The van der Waals surface area contributed by atoms with E-state index >= 15 is 0 Å². The Morgan fingerprint density at radius 3 is 2.27 bits per heavy atom. The summed E-state index contributed by atoms with van der Waals surface area (Å²) in [5.74, 6) is 1.01. The fraction of sp³-hybridized carbons (Fsp3) is 0.308. The molecule has 3 N–H and O–H groups in total.